The molecule has 2 aromatic carbocycles. The lowest BCUT2D eigenvalue weighted by atomic mass is 10.2. The van der Waals surface area contributed by atoms with E-state index in [1.54, 1.807) is 31.4 Å². The first-order chi connectivity index (χ1) is 12.2. The summed E-state index contributed by atoms with van der Waals surface area (Å²) in [6.07, 6.45) is 0. The first kappa shape index (κ1) is 17.4. The van der Waals surface area contributed by atoms with Gasteiger partial charge in [-0.2, -0.15) is 0 Å². The summed E-state index contributed by atoms with van der Waals surface area (Å²) < 4.78 is 19.0. The van der Waals surface area contributed by atoms with Gasteiger partial charge in [0.2, 0.25) is 5.91 Å². The molecule has 1 aromatic heterocycles. The second-order valence-electron chi connectivity index (χ2n) is 5.04. The summed E-state index contributed by atoms with van der Waals surface area (Å²) in [5, 5.41) is 4.72. The maximum absolute atomic E-state index is 13.0. The van der Waals surface area contributed by atoms with Crippen LogP contribution in [0.1, 0.15) is 0 Å². The van der Waals surface area contributed by atoms with Crippen LogP contribution in [0.15, 0.2) is 58.3 Å². The number of methoxy groups -OCH3 is 1. The molecule has 7 heteroatoms. The summed E-state index contributed by atoms with van der Waals surface area (Å²) in [4.78, 5) is 16.6. The van der Waals surface area contributed by atoms with Crippen molar-refractivity contribution in [2.45, 2.75) is 4.34 Å². The van der Waals surface area contributed by atoms with Gasteiger partial charge in [-0.05, 0) is 36.4 Å². The predicted octanol–water partition coefficient (Wildman–Crippen LogP) is 4.69. The number of benzene rings is 2. The highest BCUT2D eigenvalue weighted by Crippen LogP contribution is 2.29. The van der Waals surface area contributed by atoms with Gasteiger partial charge in [-0.25, -0.2) is 9.37 Å². The standard InChI is InChI=1S/C18H15FN2O2S2/c1-23-16-5-3-2-4-14(16)20-17(22)11-25-18-21-15(10-24-18)12-6-8-13(19)9-7-12/h2-10H,11H2,1H3,(H,20,22). The lowest BCUT2D eigenvalue weighted by Crippen LogP contribution is -2.14. The minimum absolute atomic E-state index is 0.131. The third-order valence-electron chi connectivity index (χ3n) is 3.33. The van der Waals surface area contributed by atoms with Crippen LogP contribution in [0.3, 0.4) is 0 Å². The van der Waals surface area contributed by atoms with Crippen molar-refractivity contribution >= 4 is 34.7 Å². The highest BCUT2D eigenvalue weighted by atomic mass is 32.2. The van der Waals surface area contributed by atoms with Gasteiger partial charge in [-0.3, -0.25) is 4.79 Å². The smallest absolute Gasteiger partial charge is 0.234 e. The van der Waals surface area contributed by atoms with Crippen molar-refractivity contribution in [1.29, 1.82) is 0 Å². The highest BCUT2D eigenvalue weighted by Gasteiger charge is 2.10. The Labute approximate surface area is 153 Å². The van der Waals surface area contributed by atoms with Gasteiger partial charge in [-0.15, -0.1) is 11.3 Å². The number of ether oxygens (including phenoxy) is 1. The fourth-order valence-electron chi connectivity index (χ4n) is 2.14. The van der Waals surface area contributed by atoms with Crippen molar-refractivity contribution in [3.8, 4) is 17.0 Å². The van der Waals surface area contributed by atoms with Crippen molar-refractivity contribution in [2.75, 3.05) is 18.2 Å². The Hall–Kier alpha value is -2.38. The zero-order chi connectivity index (χ0) is 17.6. The number of nitrogens with zero attached hydrogens (tertiary/aromatic N) is 1. The average Bonchev–Trinajstić information content (AvgIpc) is 3.10. The number of aromatic nitrogens is 1. The van der Waals surface area contributed by atoms with Crippen molar-refractivity contribution in [1.82, 2.24) is 4.98 Å². The van der Waals surface area contributed by atoms with E-state index in [9.17, 15) is 9.18 Å². The van der Waals surface area contributed by atoms with Gasteiger partial charge in [-0.1, -0.05) is 23.9 Å². The second kappa shape index (κ2) is 8.13. The van der Waals surface area contributed by atoms with Crippen LogP contribution in [0.2, 0.25) is 0 Å². The second-order valence-corrected chi connectivity index (χ2v) is 7.12. The molecule has 1 amide bonds. The van der Waals surface area contributed by atoms with Gasteiger partial charge >= 0.3 is 0 Å². The topological polar surface area (TPSA) is 51.2 Å². The predicted molar refractivity (Wildman–Crippen MR) is 99.9 cm³/mol. The van der Waals surface area contributed by atoms with Gasteiger partial charge in [0.1, 0.15) is 11.6 Å². The molecule has 3 aromatic rings. The molecule has 0 fully saturated rings. The maximum atomic E-state index is 13.0. The van der Waals surface area contributed by atoms with Crippen molar-refractivity contribution < 1.29 is 13.9 Å². The lowest BCUT2D eigenvalue weighted by molar-refractivity contribution is -0.113. The molecular formula is C18H15FN2O2S2. The number of carbonyl (C=O) groups excluding carboxylic acids is 1. The molecular weight excluding hydrogens is 359 g/mol. The molecule has 0 bridgehead atoms. The van der Waals surface area contributed by atoms with Crippen LogP contribution >= 0.6 is 23.1 Å². The maximum Gasteiger partial charge on any atom is 0.234 e. The number of thioether (sulfide) groups is 1. The molecule has 0 aliphatic rings. The van der Waals surface area contributed by atoms with E-state index in [0.717, 1.165) is 15.6 Å². The van der Waals surface area contributed by atoms with E-state index >= 15 is 0 Å². The van der Waals surface area contributed by atoms with E-state index in [1.807, 2.05) is 17.5 Å². The summed E-state index contributed by atoms with van der Waals surface area (Å²) in [7, 11) is 1.56. The lowest BCUT2D eigenvalue weighted by Gasteiger charge is -2.09. The SMILES string of the molecule is COc1ccccc1NC(=O)CSc1nc(-c2ccc(F)cc2)cs1. The van der Waals surface area contributed by atoms with Crippen LogP contribution in [0.25, 0.3) is 11.3 Å². The van der Waals surface area contributed by atoms with Crippen LogP contribution in [-0.2, 0) is 4.79 Å². The number of rotatable bonds is 6. The first-order valence-electron chi connectivity index (χ1n) is 7.43. The molecule has 3 rings (SSSR count). The third-order valence-corrected chi connectivity index (χ3v) is 5.35. The number of thiazole rings is 1. The summed E-state index contributed by atoms with van der Waals surface area (Å²) in [6.45, 7) is 0. The number of halogens is 1. The molecule has 128 valence electrons. The monoisotopic (exact) mass is 374 g/mol. The molecule has 0 radical (unpaired) electrons. The molecule has 0 atom stereocenters. The minimum Gasteiger partial charge on any atom is -0.495 e. The molecule has 0 unspecified atom stereocenters. The third kappa shape index (κ3) is 4.58. The Morgan fingerprint density at radius 3 is 2.76 bits per heavy atom. The Balaban J connectivity index is 1.58. The fraction of sp³-hybridized carbons (Fsp3) is 0.111. The van der Waals surface area contributed by atoms with Crippen molar-refractivity contribution in [2.24, 2.45) is 0 Å². The molecule has 0 saturated carbocycles. The number of amides is 1. The molecule has 0 aliphatic heterocycles. The van der Waals surface area contributed by atoms with Crippen LogP contribution in [0.5, 0.6) is 5.75 Å². The van der Waals surface area contributed by atoms with Crippen LogP contribution < -0.4 is 10.1 Å². The highest BCUT2D eigenvalue weighted by molar-refractivity contribution is 8.01. The molecule has 0 aliphatic carbocycles. The van der Waals surface area contributed by atoms with Crippen LogP contribution in [-0.4, -0.2) is 23.8 Å². The minimum atomic E-state index is -0.276. The first-order valence-corrected chi connectivity index (χ1v) is 9.29. The Morgan fingerprint density at radius 1 is 1.24 bits per heavy atom. The number of anilines is 1. The zero-order valence-corrected chi connectivity index (χ0v) is 15.0. The van der Waals surface area contributed by atoms with Gasteiger partial charge in [0.05, 0.1) is 24.2 Å². The van der Waals surface area contributed by atoms with E-state index in [1.165, 1.54) is 35.2 Å². The van der Waals surface area contributed by atoms with Gasteiger partial charge in [0.25, 0.3) is 0 Å². The van der Waals surface area contributed by atoms with E-state index < -0.39 is 0 Å². The average molecular weight is 374 g/mol. The summed E-state index contributed by atoms with van der Waals surface area (Å²) >= 11 is 2.82. The van der Waals surface area contributed by atoms with E-state index in [4.69, 9.17) is 4.74 Å². The van der Waals surface area contributed by atoms with Gasteiger partial charge in [0, 0.05) is 10.9 Å². The molecule has 0 saturated heterocycles. The normalized spacial score (nSPS) is 10.5. The Bertz CT molecular complexity index is 866. The van der Waals surface area contributed by atoms with Crippen LogP contribution in [0.4, 0.5) is 10.1 Å². The summed E-state index contributed by atoms with van der Waals surface area (Å²) in [5.74, 6) is 0.456. The fourth-order valence-corrected chi connectivity index (χ4v) is 3.77. The van der Waals surface area contributed by atoms with E-state index in [0.29, 0.717) is 11.4 Å². The molecule has 1 heterocycles. The van der Waals surface area contributed by atoms with Gasteiger partial charge in [0.15, 0.2) is 4.34 Å². The van der Waals surface area contributed by atoms with E-state index in [2.05, 4.69) is 10.3 Å². The van der Waals surface area contributed by atoms with Gasteiger partial charge < -0.3 is 10.1 Å². The Morgan fingerprint density at radius 2 is 2.00 bits per heavy atom. The van der Waals surface area contributed by atoms with E-state index in [-0.39, 0.29) is 17.5 Å². The number of para-hydroxylation sites is 2. The number of nitrogens with one attached hydrogen (secondary N) is 1. The zero-order valence-electron chi connectivity index (χ0n) is 13.4. The molecule has 1 N–H and O–H groups in total. The number of carbonyl (C=O) groups is 1. The largest absolute Gasteiger partial charge is 0.495 e. The number of hydrogen-bond acceptors (Lipinski definition) is 5. The molecule has 25 heavy (non-hydrogen) atoms. The van der Waals surface area contributed by atoms with Crippen molar-refractivity contribution in [3.05, 3.63) is 59.7 Å². The van der Waals surface area contributed by atoms with Crippen molar-refractivity contribution in [3.63, 3.8) is 0 Å². The molecule has 0 spiro atoms. The number of hydrogen-bond donors (Lipinski definition) is 1. The van der Waals surface area contributed by atoms with Crippen LogP contribution in [0, 0.1) is 5.82 Å². The summed E-state index contributed by atoms with van der Waals surface area (Å²) in [6, 6.07) is 13.4. The quantitative estimate of drug-likeness (QED) is 0.636. The molecule has 4 nitrogen and oxygen atoms in total. The summed E-state index contributed by atoms with van der Waals surface area (Å²) in [5.41, 5.74) is 2.27. The Kier molecular flexibility index (Phi) is 5.67.